The van der Waals surface area contributed by atoms with Crippen LogP contribution in [-0.2, 0) is 0 Å². The third-order valence-electron chi connectivity index (χ3n) is 0.948. The molecule has 1 N–H and O–H groups in total. The van der Waals surface area contributed by atoms with Gasteiger partial charge in [0.15, 0.2) is 0 Å². The number of hydrogen-bond donors (Lipinski definition) is 1. The molecule has 0 amide bonds. The first-order chi connectivity index (χ1) is 4.81. The summed E-state index contributed by atoms with van der Waals surface area (Å²) in [6, 6.07) is 0. The van der Waals surface area contributed by atoms with Crippen molar-refractivity contribution in [3.8, 4) is 0 Å². The van der Waals surface area contributed by atoms with Crippen molar-refractivity contribution in [1.29, 1.82) is 0 Å². The van der Waals surface area contributed by atoms with Crippen molar-refractivity contribution < 1.29 is 4.39 Å². The topological polar surface area (TPSA) is 15.3 Å². The van der Waals surface area contributed by atoms with E-state index in [9.17, 15) is 4.39 Å². The molecule has 0 saturated carbocycles. The Balaban J connectivity index is 0. The van der Waals surface area contributed by atoms with Gasteiger partial charge in [-0.3, -0.25) is 4.90 Å². The molecule has 0 spiro atoms. The molecule has 0 aliphatic heterocycles. The molecule has 10 heavy (non-hydrogen) atoms. The average molecular weight is 150 g/mol. The van der Waals surface area contributed by atoms with E-state index >= 15 is 0 Å². The van der Waals surface area contributed by atoms with Crippen LogP contribution in [0.5, 0.6) is 0 Å². The molecule has 0 aliphatic rings. The van der Waals surface area contributed by atoms with E-state index in [1.807, 2.05) is 20.9 Å². The molecular weight excluding hydrogens is 131 g/mol. The van der Waals surface area contributed by atoms with E-state index in [1.165, 1.54) is 0 Å². The van der Waals surface area contributed by atoms with E-state index in [4.69, 9.17) is 0 Å². The van der Waals surface area contributed by atoms with Gasteiger partial charge in [0, 0.05) is 13.1 Å². The van der Waals surface area contributed by atoms with Crippen molar-refractivity contribution in [1.82, 2.24) is 10.2 Å². The summed E-state index contributed by atoms with van der Waals surface area (Å²) in [4.78, 5) is 1.61. The average Bonchev–Trinajstić information content (AvgIpc) is 2.04. The Kier molecular flexibility index (Phi) is 14.6. The van der Waals surface area contributed by atoms with Crippen LogP contribution in [0.4, 0.5) is 4.39 Å². The second kappa shape index (κ2) is 11.6. The molecule has 0 aromatic carbocycles. The minimum atomic E-state index is -0.359. The minimum absolute atomic E-state index is 0.359. The first kappa shape index (κ1) is 12.5. The lowest BCUT2D eigenvalue weighted by Gasteiger charge is -2.09. The molecule has 0 heterocycles. The molecule has 0 atom stereocenters. The molecule has 0 aliphatic carbocycles. The number of halogens is 1. The summed E-state index contributed by atoms with van der Waals surface area (Å²) in [6.45, 7) is 5.26. The predicted octanol–water partition coefficient (Wildman–Crippen LogP) is 1.09. The third kappa shape index (κ3) is 10.8. The van der Waals surface area contributed by atoms with Crippen molar-refractivity contribution in [3.63, 3.8) is 0 Å². The highest BCUT2D eigenvalue weighted by atomic mass is 19.1. The Hall–Kier alpha value is -0.150. The van der Waals surface area contributed by atoms with Gasteiger partial charge in [-0.2, -0.15) is 0 Å². The summed E-state index contributed by atoms with van der Waals surface area (Å²) < 4.78 is 11.6. The van der Waals surface area contributed by atoms with Crippen LogP contribution in [0.15, 0.2) is 0 Å². The second-order valence-corrected chi connectivity index (χ2v) is 1.80. The summed E-state index contributed by atoms with van der Waals surface area (Å²) in [5.74, 6) is 0. The zero-order chi connectivity index (χ0) is 8.41. The van der Waals surface area contributed by atoms with Crippen LogP contribution < -0.4 is 5.32 Å². The third-order valence-corrected chi connectivity index (χ3v) is 0.948. The maximum absolute atomic E-state index is 11.6. The highest BCUT2D eigenvalue weighted by Crippen LogP contribution is 1.77. The lowest BCUT2D eigenvalue weighted by molar-refractivity contribution is 0.226. The van der Waals surface area contributed by atoms with Crippen LogP contribution in [0.3, 0.4) is 0 Å². The monoisotopic (exact) mass is 150 g/mol. The van der Waals surface area contributed by atoms with E-state index in [2.05, 4.69) is 5.32 Å². The zero-order valence-electron chi connectivity index (χ0n) is 7.45. The van der Waals surface area contributed by atoms with Gasteiger partial charge in [0.05, 0.1) is 0 Å². The highest BCUT2D eigenvalue weighted by molar-refractivity contribution is 4.45. The molecule has 3 heteroatoms. The van der Waals surface area contributed by atoms with E-state index in [1.54, 1.807) is 11.9 Å². The fraction of sp³-hybridized carbons (Fsp3) is 1.00. The SMILES string of the molecule is CC.CNCCN(C)CF. The van der Waals surface area contributed by atoms with Crippen LogP contribution in [-0.4, -0.2) is 38.9 Å². The van der Waals surface area contributed by atoms with Crippen LogP contribution >= 0.6 is 0 Å². The smallest absolute Gasteiger partial charge is 0.142 e. The van der Waals surface area contributed by atoms with E-state index in [-0.39, 0.29) is 6.80 Å². The van der Waals surface area contributed by atoms with Crippen molar-refractivity contribution >= 4 is 0 Å². The van der Waals surface area contributed by atoms with Gasteiger partial charge in [-0.1, -0.05) is 13.8 Å². The van der Waals surface area contributed by atoms with Crippen molar-refractivity contribution in [3.05, 3.63) is 0 Å². The van der Waals surface area contributed by atoms with E-state index in [0.717, 1.165) is 13.1 Å². The molecule has 0 radical (unpaired) electrons. The number of rotatable bonds is 4. The molecule has 2 nitrogen and oxygen atoms in total. The molecule has 0 aromatic rings. The highest BCUT2D eigenvalue weighted by Gasteiger charge is 1.91. The fourth-order valence-corrected chi connectivity index (χ4v) is 0.362. The number of nitrogens with one attached hydrogen (secondary N) is 1. The van der Waals surface area contributed by atoms with Crippen molar-refractivity contribution in [2.75, 3.05) is 34.0 Å². The standard InChI is InChI=1S/C5H13FN2.C2H6/c1-7-3-4-8(2)5-6;1-2/h7H,3-5H2,1-2H3;1-2H3. The van der Waals surface area contributed by atoms with Crippen LogP contribution in [0.25, 0.3) is 0 Å². The number of likely N-dealkylation sites (N-methyl/N-ethyl adjacent to an activating group) is 2. The Labute approximate surface area is 63.4 Å². The van der Waals surface area contributed by atoms with Gasteiger partial charge in [-0.15, -0.1) is 0 Å². The van der Waals surface area contributed by atoms with Crippen molar-refractivity contribution in [2.45, 2.75) is 13.8 Å². The van der Waals surface area contributed by atoms with Crippen LogP contribution in [0.1, 0.15) is 13.8 Å². The minimum Gasteiger partial charge on any atom is -0.318 e. The Morgan fingerprint density at radius 1 is 1.40 bits per heavy atom. The van der Waals surface area contributed by atoms with Gasteiger partial charge in [-0.05, 0) is 14.1 Å². The Morgan fingerprint density at radius 2 is 1.90 bits per heavy atom. The first-order valence-corrected chi connectivity index (χ1v) is 3.70. The maximum atomic E-state index is 11.6. The van der Waals surface area contributed by atoms with Gasteiger partial charge in [0.2, 0.25) is 0 Å². The summed E-state index contributed by atoms with van der Waals surface area (Å²) in [7, 11) is 3.60. The van der Waals surface area contributed by atoms with Gasteiger partial charge in [0.25, 0.3) is 0 Å². The first-order valence-electron chi connectivity index (χ1n) is 3.70. The molecule has 0 rings (SSSR count). The summed E-state index contributed by atoms with van der Waals surface area (Å²) in [5, 5.41) is 2.92. The quantitative estimate of drug-likeness (QED) is 0.603. The lowest BCUT2D eigenvalue weighted by Crippen LogP contribution is -2.26. The van der Waals surface area contributed by atoms with Crippen LogP contribution in [0.2, 0.25) is 0 Å². The Bertz CT molecular complexity index is 50.9. The fourth-order valence-electron chi connectivity index (χ4n) is 0.362. The summed E-state index contributed by atoms with van der Waals surface area (Å²) in [6.07, 6.45) is 0. The maximum Gasteiger partial charge on any atom is 0.142 e. The Morgan fingerprint density at radius 3 is 2.20 bits per heavy atom. The van der Waals surface area contributed by atoms with E-state index < -0.39 is 0 Å². The largest absolute Gasteiger partial charge is 0.318 e. The number of nitrogens with zero attached hydrogens (tertiary/aromatic N) is 1. The molecule has 0 bridgehead atoms. The van der Waals surface area contributed by atoms with E-state index in [0.29, 0.717) is 0 Å². The predicted molar refractivity (Wildman–Crippen MR) is 43.9 cm³/mol. The van der Waals surface area contributed by atoms with Gasteiger partial charge in [-0.25, -0.2) is 4.39 Å². The number of hydrogen-bond acceptors (Lipinski definition) is 2. The molecule has 64 valence electrons. The van der Waals surface area contributed by atoms with Crippen molar-refractivity contribution in [2.24, 2.45) is 0 Å². The normalized spacial score (nSPS) is 9.00. The van der Waals surface area contributed by atoms with Crippen LogP contribution in [0, 0.1) is 0 Å². The van der Waals surface area contributed by atoms with Gasteiger partial charge < -0.3 is 5.32 Å². The lowest BCUT2D eigenvalue weighted by atomic mass is 10.6. The summed E-state index contributed by atoms with van der Waals surface area (Å²) >= 11 is 0. The molecule has 0 unspecified atom stereocenters. The molecule has 0 aromatic heterocycles. The second-order valence-electron chi connectivity index (χ2n) is 1.80. The number of alkyl halides is 1. The molecule has 0 fully saturated rings. The molecular formula is C7H19FN2. The van der Waals surface area contributed by atoms with Gasteiger partial charge >= 0.3 is 0 Å². The zero-order valence-corrected chi connectivity index (χ0v) is 7.45. The van der Waals surface area contributed by atoms with Gasteiger partial charge in [0.1, 0.15) is 6.80 Å². The summed E-state index contributed by atoms with van der Waals surface area (Å²) in [5.41, 5.74) is 0. The molecule has 0 saturated heterocycles.